The van der Waals surface area contributed by atoms with Gasteiger partial charge in [-0.3, -0.25) is 0 Å². The molecule has 19 heavy (non-hydrogen) atoms. The Morgan fingerprint density at radius 1 is 1.37 bits per heavy atom. The number of nitrogens with zero attached hydrogens (tertiary/aromatic N) is 4. The number of aromatic nitrogens is 4. The first-order valence-corrected chi connectivity index (χ1v) is 7.08. The van der Waals surface area contributed by atoms with Crippen LogP contribution in [0.2, 0.25) is 0 Å². The average molecular weight is 259 g/mol. The fourth-order valence-electron chi connectivity index (χ4n) is 2.88. The lowest BCUT2D eigenvalue weighted by Crippen LogP contribution is -2.10. The molecule has 0 saturated heterocycles. The van der Waals surface area contributed by atoms with Crippen molar-refractivity contribution in [2.24, 2.45) is 5.73 Å². The number of rotatable bonds is 3. The molecule has 5 nitrogen and oxygen atoms in total. The molecule has 3 rings (SSSR count). The van der Waals surface area contributed by atoms with Gasteiger partial charge in [-0.1, -0.05) is 6.42 Å². The first-order chi connectivity index (χ1) is 9.28. The Kier molecular flexibility index (Phi) is 3.38. The van der Waals surface area contributed by atoms with Crippen molar-refractivity contribution in [3.8, 4) is 0 Å². The van der Waals surface area contributed by atoms with E-state index in [0.717, 1.165) is 31.8 Å². The van der Waals surface area contributed by atoms with Crippen LogP contribution in [0, 0.1) is 0 Å². The monoisotopic (exact) mass is 259 g/mol. The van der Waals surface area contributed by atoms with Gasteiger partial charge in [0.15, 0.2) is 0 Å². The Bertz CT molecular complexity index is 554. The smallest absolute Gasteiger partial charge is 0.146 e. The Hall–Kier alpha value is -1.62. The second-order valence-corrected chi connectivity index (χ2v) is 5.26. The van der Waals surface area contributed by atoms with E-state index in [1.54, 1.807) is 6.33 Å². The van der Waals surface area contributed by atoms with E-state index in [0.29, 0.717) is 0 Å². The zero-order valence-corrected chi connectivity index (χ0v) is 11.4. The first-order valence-electron chi connectivity index (χ1n) is 7.08. The SMILES string of the molecule is CCn1ncnc1Cn1cc2c(c1)C(N)CCCC2. The van der Waals surface area contributed by atoms with Crippen molar-refractivity contribution in [1.29, 1.82) is 0 Å². The van der Waals surface area contributed by atoms with E-state index in [1.807, 2.05) is 4.68 Å². The minimum Gasteiger partial charge on any atom is -0.346 e. The maximum Gasteiger partial charge on any atom is 0.146 e. The third kappa shape index (κ3) is 2.42. The second-order valence-electron chi connectivity index (χ2n) is 5.26. The van der Waals surface area contributed by atoms with Gasteiger partial charge in [0.2, 0.25) is 0 Å². The van der Waals surface area contributed by atoms with Crippen molar-refractivity contribution < 1.29 is 0 Å². The topological polar surface area (TPSA) is 61.7 Å². The highest BCUT2D eigenvalue weighted by Crippen LogP contribution is 2.27. The number of nitrogens with two attached hydrogens (primary N) is 1. The van der Waals surface area contributed by atoms with Crippen molar-refractivity contribution >= 4 is 0 Å². The van der Waals surface area contributed by atoms with Gasteiger partial charge in [0.05, 0.1) is 6.54 Å². The van der Waals surface area contributed by atoms with Crippen molar-refractivity contribution in [2.45, 2.75) is 51.7 Å². The van der Waals surface area contributed by atoms with Gasteiger partial charge in [-0.05, 0) is 37.3 Å². The summed E-state index contributed by atoms with van der Waals surface area (Å²) in [7, 11) is 0. The molecule has 1 aliphatic rings. The van der Waals surface area contributed by atoms with Crippen LogP contribution in [-0.4, -0.2) is 19.3 Å². The van der Waals surface area contributed by atoms with Gasteiger partial charge in [0, 0.05) is 25.0 Å². The fraction of sp³-hybridized carbons (Fsp3) is 0.571. The lowest BCUT2D eigenvalue weighted by Gasteiger charge is -2.07. The Balaban J connectivity index is 1.85. The molecule has 0 radical (unpaired) electrons. The van der Waals surface area contributed by atoms with E-state index < -0.39 is 0 Å². The van der Waals surface area contributed by atoms with Gasteiger partial charge in [0.1, 0.15) is 12.2 Å². The van der Waals surface area contributed by atoms with Gasteiger partial charge >= 0.3 is 0 Å². The molecule has 1 unspecified atom stereocenters. The van der Waals surface area contributed by atoms with Crippen LogP contribution in [0.1, 0.15) is 49.2 Å². The highest BCUT2D eigenvalue weighted by molar-refractivity contribution is 5.29. The summed E-state index contributed by atoms with van der Waals surface area (Å²) in [5, 5.41) is 4.21. The normalized spacial score (nSPS) is 19.2. The molecule has 0 aromatic carbocycles. The molecule has 0 aliphatic heterocycles. The van der Waals surface area contributed by atoms with Gasteiger partial charge in [0.25, 0.3) is 0 Å². The minimum absolute atomic E-state index is 0.197. The molecule has 0 saturated carbocycles. The lowest BCUT2D eigenvalue weighted by atomic mass is 10.1. The quantitative estimate of drug-likeness (QED) is 0.856. The molecule has 2 aromatic heterocycles. The minimum atomic E-state index is 0.197. The number of hydrogen-bond donors (Lipinski definition) is 1. The van der Waals surface area contributed by atoms with Crippen molar-refractivity contribution in [3.63, 3.8) is 0 Å². The summed E-state index contributed by atoms with van der Waals surface area (Å²) < 4.78 is 4.14. The van der Waals surface area contributed by atoms with Gasteiger partial charge < -0.3 is 10.3 Å². The molecule has 2 heterocycles. The molecule has 0 fully saturated rings. The van der Waals surface area contributed by atoms with Crippen molar-refractivity contribution in [2.75, 3.05) is 0 Å². The zero-order valence-electron chi connectivity index (χ0n) is 11.4. The van der Waals surface area contributed by atoms with E-state index in [9.17, 15) is 0 Å². The molecular weight excluding hydrogens is 238 g/mol. The third-order valence-electron chi connectivity index (χ3n) is 3.93. The van der Waals surface area contributed by atoms with Crippen LogP contribution in [0.4, 0.5) is 0 Å². The predicted octanol–water partition coefficient (Wildman–Crippen LogP) is 1.87. The van der Waals surface area contributed by atoms with E-state index in [-0.39, 0.29) is 6.04 Å². The van der Waals surface area contributed by atoms with Crippen molar-refractivity contribution in [3.05, 3.63) is 35.7 Å². The summed E-state index contributed by atoms with van der Waals surface area (Å²) in [6.45, 7) is 3.71. The lowest BCUT2D eigenvalue weighted by molar-refractivity contribution is 0.585. The molecule has 2 aromatic rings. The van der Waals surface area contributed by atoms with Gasteiger partial charge in [-0.25, -0.2) is 9.67 Å². The predicted molar refractivity (Wildman–Crippen MR) is 73.7 cm³/mol. The highest BCUT2D eigenvalue weighted by Gasteiger charge is 2.17. The van der Waals surface area contributed by atoms with Gasteiger partial charge in [-0.15, -0.1) is 0 Å². The highest BCUT2D eigenvalue weighted by atomic mass is 15.3. The van der Waals surface area contributed by atoms with Crippen LogP contribution in [0.25, 0.3) is 0 Å². The molecule has 5 heteroatoms. The first kappa shape index (κ1) is 12.4. The molecule has 0 spiro atoms. The van der Waals surface area contributed by atoms with E-state index >= 15 is 0 Å². The number of hydrogen-bond acceptors (Lipinski definition) is 3. The molecule has 1 atom stereocenters. The second kappa shape index (κ2) is 5.17. The molecule has 102 valence electrons. The molecule has 0 bridgehead atoms. The summed E-state index contributed by atoms with van der Waals surface area (Å²) in [5.41, 5.74) is 8.97. The van der Waals surface area contributed by atoms with E-state index in [1.165, 1.54) is 24.0 Å². The summed E-state index contributed by atoms with van der Waals surface area (Å²) in [5.74, 6) is 1.00. The van der Waals surface area contributed by atoms with Crippen molar-refractivity contribution in [1.82, 2.24) is 19.3 Å². The number of fused-ring (bicyclic) bond motifs is 1. The molecular formula is C14H21N5. The largest absolute Gasteiger partial charge is 0.346 e. The zero-order chi connectivity index (χ0) is 13.2. The molecule has 2 N–H and O–H groups in total. The maximum atomic E-state index is 6.24. The summed E-state index contributed by atoms with van der Waals surface area (Å²) in [6.07, 6.45) is 10.8. The summed E-state index contributed by atoms with van der Waals surface area (Å²) in [6, 6.07) is 0.197. The number of aryl methyl sites for hydroxylation is 2. The standard InChI is InChI=1S/C14H21N5/c1-2-19-14(16-10-17-19)9-18-7-11-5-3-4-6-13(15)12(11)8-18/h7-8,10,13H,2-6,9,15H2,1H3. The van der Waals surface area contributed by atoms with E-state index in [2.05, 4.69) is 34.0 Å². The van der Waals surface area contributed by atoms with Crippen LogP contribution in [-0.2, 0) is 19.5 Å². The Labute approximate surface area is 113 Å². The summed E-state index contributed by atoms with van der Waals surface area (Å²) >= 11 is 0. The Morgan fingerprint density at radius 2 is 2.26 bits per heavy atom. The average Bonchev–Trinajstić information content (AvgIpc) is 2.98. The van der Waals surface area contributed by atoms with Crippen LogP contribution in [0.15, 0.2) is 18.7 Å². The van der Waals surface area contributed by atoms with Gasteiger partial charge in [-0.2, -0.15) is 5.10 Å². The van der Waals surface area contributed by atoms with E-state index in [4.69, 9.17) is 5.73 Å². The van der Waals surface area contributed by atoms with Crippen LogP contribution in [0.5, 0.6) is 0 Å². The maximum absolute atomic E-state index is 6.24. The molecule has 0 amide bonds. The fourth-order valence-corrected chi connectivity index (χ4v) is 2.88. The summed E-state index contributed by atoms with van der Waals surface area (Å²) in [4.78, 5) is 4.33. The third-order valence-corrected chi connectivity index (χ3v) is 3.93. The Morgan fingerprint density at radius 3 is 3.11 bits per heavy atom. The van der Waals surface area contributed by atoms with Crippen LogP contribution in [0.3, 0.4) is 0 Å². The molecule has 1 aliphatic carbocycles. The van der Waals surface area contributed by atoms with Crippen LogP contribution >= 0.6 is 0 Å². The van der Waals surface area contributed by atoms with Crippen LogP contribution < -0.4 is 5.73 Å².